The maximum absolute atomic E-state index is 5.59. The summed E-state index contributed by atoms with van der Waals surface area (Å²) in [6.07, 6.45) is 8.00. The van der Waals surface area contributed by atoms with Gasteiger partial charge in [0.2, 0.25) is 0 Å². The maximum Gasteiger partial charge on any atom is 0.0494 e. The molecule has 2 heteroatoms. The van der Waals surface area contributed by atoms with Crippen LogP contribution < -0.4 is 0 Å². The van der Waals surface area contributed by atoms with Crippen LogP contribution in [0.15, 0.2) is 0 Å². The van der Waals surface area contributed by atoms with Gasteiger partial charge in [-0.3, -0.25) is 0 Å². The van der Waals surface area contributed by atoms with E-state index in [4.69, 9.17) is 4.74 Å². The fraction of sp³-hybridized carbons (Fsp3) is 1.00. The molecule has 0 radical (unpaired) electrons. The quantitative estimate of drug-likeness (QED) is 0.498. The van der Waals surface area contributed by atoms with E-state index < -0.39 is 0 Å². The van der Waals surface area contributed by atoms with Gasteiger partial charge in [0.15, 0.2) is 0 Å². The van der Waals surface area contributed by atoms with Gasteiger partial charge in [-0.1, -0.05) is 12.8 Å². The third kappa shape index (κ3) is 4.36. The Labute approximate surface area is 81.3 Å². The molecular weight excluding hydrogens is 168 g/mol. The van der Waals surface area contributed by atoms with E-state index in [0.717, 1.165) is 24.9 Å². The molecule has 1 rings (SSSR count). The smallest absolute Gasteiger partial charge is 0.0494 e. The van der Waals surface area contributed by atoms with Crippen LogP contribution in [0.4, 0.5) is 0 Å². The highest BCUT2D eigenvalue weighted by molar-refractivity contribution is 7.80. The highest BCUT2D eigenvalue weighted by Gasteiger charge is 2.14. The highest BCUT2D eigenvalue weighted by Crippen LogP contribution is 2.24. The van der Waals surface area contributed by atoms with Gasteiger partial charge in [0, 0.05) is 13.2 Å². The first-order valence-corrected chi connectivity index (χ1v) is 5.75. The maximum atomic E-state index is 5.59. The minimum atomic E-state index is 0.876. The number of ether oxygens (including phenoxy) is 1. The van der Waals surface area contributed by atoms with E-state index in [1.54, 1.807) is 0 Å². The summed E-state index contributed by atoms with van der Waals surface area (Å²) in [6.45, 7) is 1.95. The number of unbranched alkanes of at least 4 members (excludes halogenated alkanes) is 1. The Kier molecular flexibility index (Phi) is 5.88. The Balaban J connectivity index is 1.81. The zero-order valence-corrected chi connectivity index (χ0v) is 8.69. The van der Waals surface area contributed by atoms with Crippen molar-refractivity contribution in [3.05, 3.63) is 0 Å². The van der Waals surface area contributed by atoms with Gasteiger partial charge < -0.3 is 4.74 Å². The van der Waals surface area contributed by atoms with Crippen LogP contribution in [-0.4, -0.2) is 19.0 Å². The van der Waals surface area contributed by atoms with Crippen LogP contribution in [0.5, 0.6) is 0 Å². The molecule has 1 aliphatic carbocycles. The molecule has 0 aromatic carbocycles. The van der Waals surface area contributed by atoms with E-state index in [0.29, 0.717) is 0 Å². The van der Waals surface area contributed by atoms with E-state index >= 15 is 0 Å². The largest absolute Gasteiger partial charge is 0.381 e. The first-order valence-electron chi connectivity index (χ1n) is 5.12. The first kappa shape index (κ1) is 10.4. The minimum absolute atomic E-state index is 0.876. The van der Waals surface area contributed by atoms with Crippen molar-refractivity contribution in [3.8, 4) is 0 Å². The van der Waals surface area contributed by atoms with Gasteiger partial charge in [-0.05, 0) is 37.4 Å². The molecule has 1 fully saturated rings. The second-order valence-corrected chi connectivity index (χ2v) is 4.10. The molecule has 0 N–H and O–H groups in total. The molecule has 0 aromatic rings. The van der Waals surface area contributed by atoms with Crippen molar-refractivity contribution in [1.82, 2.24) is 0 Å². The fourth-order valence-corrected chi connectivity index (χ4v) is 1.97. The molecule has 0 bridgehead atoms. The van der Waals surface area contributed by atoms with Crippen molar-refractivity contribution >= 4 is 12.6 Å². The van der Waals surface area contributed by atoms with Gasteiger partial charge in [-0.15, -0.1) is 0 Å². The standard InChI is InChI=1S/C10H20OS/c12-8-4-3-7-11-9-10-5-1-2-6-10/h10,12H,1-9H2. The van der Waals surface area contributed by atoms with Crippen LogP contribution >= 0.6 is 12.6 Å². The number of thiol groups is 1. The summed E-state index contributed by atoms with van der Waals surface area (Å²) in [5, 5.41) is 0. The summed E-state index contributed by atoms with van der Waals surface area (Å²) in [5.74, 6) is 1.87. The normalized spacial score (nSPS) is 18.8. The second kappa shape index (κ2) is 6.79. The predicted molar refractivity (Wildman–Crippen MR) is 55.9 cm³/mol. The molecule has 0 spiro atoms. The average molecular weight is 188 g/mol. The zero-order chi connectivity index (χ0) is 8.65. The lowest BCUT2D eigenvalue weighted by Crippen LogP contribution is -2.06. The molecule has 0 saturated heterocycles. The predicted octanol–water partition coefficient (Wildman–Crippen LogP) is 2.90. The topological polar surface area (TPSA) is 9.23 Å². The molecule has 1 nitrogen and oxygen atoms in total. The Hall–Kier alpha value is 0.310. The van der Waals surface area contributed by atoms with Crippen molar-refractivity contribution in [2.45, 2.75) is 38.5 Å². The summed E-state index contributed by atoms with van der Waals surface area (Å²) >= 11 is 4.15. The van der Waals surface area contributed by atoms with Gasteiger partial charge in [-0.25, -0.2) is 0 Å². The first-order chi connectivity index (χ1) is 5.93. The van der Waals surface area contributed by atoms with E-state index in [-0.39, 0.29) is 0 Å². The molecule has 0 heterocycles. The van der Waals surface area contributed by atoms with Crippen molar-refractivity contribution < 1.29 is 4.74 Å². The number of rotatable bonds is 6. The lowest BCUT2D eigenvalue weighted by atomic mass is 10.1. The molecule has 72 valence electrons. The Morgan fingerprint density at radius 1 is 1.17 bits per heavy atom. The third-order valence-electron chi connectivity index (χ3n) is 2.53. The Morgan fingerprint density at radius 2 is 1.92 bits per heavy atom. The van der Waals surface area contributed by atoms with Crippen molar-refractivity contribution in [1.29, 1.82) is 0 Å². The zero-order valence-electron chi connectivity index (χ0n) is 7.80. The van der Waals surface area contributed by atoms with Crippen LogP contribution in [0, 0.1) is 5.92 Å². The van der Waals surface area contributed by atoms with Crippen LogP contribution in [0.1, 0.15) is 38.5 Å². The number of hydrogen-bond acceptors (Lipinski definition) is 2. The summed E-state index contributed by atoms with van der Waals surface area (Å²) in [5.41, 5.74) is 0. The second-order valence-electron chi connectivity index (χ2n) is 3.66. The fourth-order valence-electron chi connectivity index (χ4n) is 1.74. The van der Waals surface area contributed by atoms with E-state index in [2.05, 4.69) is 12.6 Å². The minimum Gasteiger partial charge on any atom is -0.381 e. The molecule has 0 amide bonds. The highest BCUT2D eigenvalue weighted by atomic mass is 32.1. The van der Waals surface area contributed by atoms with Crippen LogP contribution in [-0.2, 0) is 4.74 Å². The molecule has 12 heavy (non-hydrogen) atoms. The molecule has 0 unspecified atom stereocenters. The van der Waals surface area contributed by atoms with Gasteiger partial charge in [0.1, 0.15) is 0 Å². The molecule has 1 saturated carbocycles. The molecule has 1 aliphatic rings. The average Bonchev–Trinajstić information content (AvgIpc) is 2.57. The Morgan fingerprint density at radius 3 is 2.58 bits per heavy atom. The van der Waals surface area contributed by atoms with Crippen molar-refractivity contribution in [2.24, 2.45) is 5.92 Å². The summed E-state index contributed by atoms with van der Waals surface area (Å²) in [7, 11) is 0. The lowest BCUT2D eigenvalue weighted by Gasteiger charge is -2.08. The van der Waals surface area contributed by atoms with Crippen molar-refractivity contribution in [2.75, 3.05) is 19.0 Å². The molecule has 0 atom stereocenters. The summed E-state index contributed by atoms with van der Waals surface area (Å²) in [4.78, 5) is 0. The van der Waals surface area contributed by atoms with E-state index in [9.17, 15) is 0 Å². The van der Waals surface area contributed by atoms with Gasteiger partial charge in [0.05, 0.1) is 0 Å². The molecule has 0 aliphatic heterocycles. The van der Waals surface area contributed by atoms with Gasteiger partial charge >= 0.3 is 0 Å². The monoisotopic (exact) mass is 188 g/mol. The molecule has 0 aromatic heterocycles. The van der Waals surface area contributed by atoms with Crippen molar-refractivity contribution in [3.63, 3.8) is 0 Å². The van der Waals surface area contributed by atoms with Crippen LogP contribution in [0.2, 0.25) is 0 Å². The van der Waals surface area contributed by atoms with Gasteiger partial charge in [0.25, 0.3) is 0 Å². The Bertz CT molecular complexity index is 100. The summed E-state index contributed by atoms with van der Waals surface area (Å²) < 4.78 is 5.59. The summed E-state index contributed by atoms with van der Waals surface area (Å²) in [6, 6.07) is 0. The van der Waals surface area contributed by atoms with E-state index in [1.807, 2.05) is 0 Å². The molecular formula is C10H20OS. The van der Waals surface area contributed by atoms with Crippen LogP contribution in [0.3, 0.4) is 0 Å². The lowest BCUT2D eigenvalue weighted by molar-refractivity contribution is 0.0991. The van der Waals surface area contributed by atoms with Gasteiger partial charge in [-0.2, -0.15) is 12.6 Å². The SMILES string of the molecule is SCCCCOCC1CCCC1. The number of hydrogen-bond donors (Lipinski definition) is 1. The third-order valence-corrected chi connectivity index (χ3v) is 2.84. The van der Waals surface area contributed by atoms with E-state index in [1.165, 1.54) is 38.5 Å². The van der Waals surface area contributed by atoms with Crippen LogP contribution in [0.25, 0.3) is 0 Å².